The van der Waals surface area contributed by atoms with Crippen molar-refractivity contribution in [1.29, 1.82) is 0 Å². The minimum Gasteiger partial charge on any atom is -0.484 e. The molecule has 1 rings (SSSR count). The Hall–Kier alpha value is -2.08. The van der Waals surface area contributed by atoms with E-state index in [1.807, 2.05) is 19.1 Å². The fourth-order valence-corrected chi connectivity index (χ4v) is 1.22. The summed E-state index contributed by atoms with van der Waals surface area (Å²) in [4.78, 5) is 21.8. The Morgan fingerprint density at radius 2 is 2.22 bits per heavy atom. The summed E-state index contributed by atoms with van der Waals surface area (Å²) in [5.41, 5.74) is 5.86. The summed E-state index contributed by atoms with van der Waals surface area (Å²) >= 11 is 0. The molecule has 6 nitrogen and oxygen atoms in total. The van der Waals surface area contributed by atoms with Gasteiger partial charge in [-0.15, -0.1) is 0 Å². The normalized spacial score (nSPS) is 11.7. The van der Waals surface area contributed by atoms with Crippen LogP contribution in [0.5, 0.6) is 5.75 Å². The first kappa shape index (κ1) is 14.0. The molecule has 1 unspecified atom stereocenters. The van der Waals surface area contributed by atoms with Gasteiger partial charge in [-0.1, -0.05) is 12.1 Å². The van der Waals surface area contributed by atoms with Crippen molar-refractivity contribution in [2.24, 2.45) is 5.73 Å². The van der Waals surface area contributed by atoms with Crippen LogP contribution in [0.15, 0.2) is 24.3 Å². The van der Waals surface area contributed by atoms with Crippen LogP contribution in [-0.2, 0) is 9.59 Å². The lowest BCUT2D eigenvalue weighted by Crippen LogP contribution is -2.41. The SMILES string of the molecule is Cc1cccc(OCC(=O)NCC(O)C(N)=O)c1. The molecular formula is C12H16N2O4. The number of benzene rings is 1. The van der Waals surface area contributed by atoms with Gasteiger partial charge in [0.05, 0.1) is 6.54 Å². The summed E-state index contributed by atoms with van der Waals surface area (Å²) in [6.45, 7) is 1.51. The van der Waals surface area contributed by atoms with Crippen LogP contribution in [0.3, 0.4) is 0 Å². The van der Waals surface area contributed by atoms with E-state index in [2.05, 4.69) is 5.32 Å². The van der Waals surface area contributed by atoms with Gasteiger partial charge in [-0.2, -0.15) is 0 Å². The molecule has 2 amide bonds. The fraction of sp³-hybridized carbons (Fsp3) is 0.333. The molecule has 0 aromatic heterocycles. The number of carbonyl (C=O) groups excluding carboxylic acids is 2. The third-order valence-electron chi connectivity index (χ3n) is 2.18. The quantitative estimate of drug-likeness (QED) is 0.625. The Kier molecular flexibility index (Phi) is 5.13. The lowest BCUT2D eigenvalue weighted by atomic mass is 10.2. The molecule has 0 aliphatic heterocycles. The average molecular weight is 252 g/mol. The number of hydrogen-bond acceptors (Lipinski definition) is 4. The molecule has 0 spiro atoms. The smallest absolute Gasteiger partial charge is 0.258 e. The number of nitrogens with one attached hydrogen (secondary N) is 1. The first-order valence-electron chi connectivity index (χ1n) is 5.42. The van der Waals surface area contributed by atoms with Crippen LogP contribution >= 0.6 is 0 Å². The van der Waals surface area contributed by atoms with Crippen molar-refractivity contribution in [3.05, 3.63) is 29.8 Å². The maximum atomic E-state index is 11.3. The number of hydrogen-bond donors (Lipinski definition) is 3. The molecule has 0 aliphatic rings. The van der Waals surface area contributed by atoms with Gasteiger partial charge in [-0.3, -0.25) is 9.59 Å². The number of ether oxygens (including phenoxy) is 1. The van der Waals surface area contributed by atoms with Gasteiger partial charge in [-0.05, 0) is 24.6 Å². The minimum atomic E-state index is -1.38. The van der Waals surface area contributed by atoms with Crippen LogP contribution in [0, 0.1) is 6.92 Å². The predicted molar refractivity (Wildman–Crippen MR) is 64.9 cm³/mol. The van der Waals surface area contributed by atoms with Gasteiger partial charge >= 0.3 is 0 Å². The molecular weight excluding hydrogens is 236 g/mol. The Labute approximate surface area is 105 Å². The van der Waals surface area contributed by atoms with Crippen molar-refractivity contribution in [3.63, 3.8) is 0 Å². The third kappa shape index (κ3) is 4.84. The molecule has 18 heavy (non-hydrogen) atoms. The highest BCUT2D eigenvalue weighted by Gasteiger charge is 2.12. The molecule has 0 aliphatic carbocycles. The number of primary amides is 1. The lowest BCUT2D eigenvalue weighted by molar-refractivity contribution is -0.127. The van der Waals surface area contributed by atoms with Crippen molar-refractivity contribution in [2.75, 3.05) is 13.2 Å². The summed E-state index contributed by atoms with van der Waals surface area (Å²) in [6, 6.07) is 7.26. The molecule has 0 saturated heterocycles. The van der Waals surface area contributed by atoms with Crippen molar-refractivity contribution in [1.82, 2.24) is 5.32 Å². The van der Waals surface area contributed by atoms with Crippen molar-refractivity contribution < 1.29 is 19.4 Å². The Balaban J connectivity index is 2.31. The Morgan fingerprint density at radius 3 is 2.83 bits per heavy atom. The van der Waals surface area contributed by atoms with Gasteiger partial charge in [0.15, 0.2) is 6.61 Å². The zero-order chi connectivity index (χ0) is 13.5. The highest BCUT2D eigenvalue weighted by molar-refractivity contribution is 5.81. The summed E-state index contributed by atoms with van der Waals surface area (Å²) < 4.78 is 5.23. The van der Waals surface area contributed by atoms with Crippen LogP contribution in [0.1, 0.15) is 5.56 Å². The second-order valence-electron chi connectivity index (χ2n) is 3.83. The molecule has 1 aromatic carbocycles. The van der Waals surface area contributed by atoms with Gasteiger partial charge in [0.25, 0.3) is 5.91 Å². The molecule has 0 heterocycles. The standard InChI is InChI=1S/C12H16N2O4/c1-8-3-2-4-9(5-8)18-7-11(16)14-6-10(15)12(13)17/h2-5,10,15H,6-7H2,1H3,(H2,13,17)(H,14,16). The van der Waals surface area contributed by atoms with E-state index in [4.69, 9.17) is 15.6 Å². The van der Waals surface area contributed by atoms with Crippen LogP contribution in [0.25, 0.3) is 0 Å². The van der Waals surface area contributed by atoms with E-state index in [0.29, 0.717) is 5.75 Å². The second kappa shape index (κ2) is 6.61. The van der Waals surface area contributed by atoms with Crippen molar-refractivity contribution in [3.8, 4) is 5.75 Å². The van der Waals surface area contributed by atoms with Crippen LogP contribution in [-0.4, -0.2) is 36.2 Å². The van der Waals surface area contributed by atoms with E-state index in [-0.39, 0.29) is 13.2 Å². The van der Waals surface area contributed by atoms with Crippen LogP contribution in [0.2, 0.25) is 0 Å². The number of nitrogens with two attached hydrogens (primary N) is 1. The van der Waals surface area contributed by atoms with Gasteiger partial charge < -0.3 is 20.9 Å². The molecule has 98 valence electrons. The third-order valence-corrected chi connectivity index (χ3v) is 2.18. The fourth-order valence-electron chi connectivity index (χ4n) is 1.22. The Morgan fingerprint density at radius 1 is 1.50 bits per heavy atom. The number of aryl methyl sites for hydroxylation is 1. The number of aliphatic hydroxyl groups excluding tert-OH is 1. The van der Waals surface area contributed by atoms with Crippen molar-refractivity contribution >= 4 is 11.8 Å². The summed E-state index contributed by atoms with van der Waals surface area (Å²) in [5, 5.41) is 11.4. The average Bonchev–Trinajstić information content (AvgIpc) is 2.33. The summed E-state index contributed by atoms with van der Waals surface area (Å²) in [5.74, 6) is -0.729. The monoisotopic (exact) mass is 252 g/mol. The highest BCUT2D eigenvalue weighted by atomic mass is 16.5. The minimum absolute atomic E-state index is 0.186. The number of amides is 2. The summed E-state index contributed by atoms with van der Waals surface area (Å²) in [6.07, 6.45) is -1.38. The second-order valence-corrected chi connectivity index (χ2v) is 3.83. The van der Waals surface area contributed by atoms with E-state index < -0.39 is 17.9 Å². The van der Waals surface area contributed by atoms with Crippen LogP contribution in [0.4, 0.5) is 0 Å². The molecule has 1 atom stereocenters. The zero-order valence-electron chi connectivity index (χ0n) is 10.1. The topological polar surface area (TPSA) is 102 Å². The van der Waals surface area contributed by atoms with Gasteiger partial charge in [-0.25, -0.2) is 0 Å². The van der Waals surface area contributed by atoms with Crippen LogP contribution < -0.4 is 15.8 Å². The predicted octanol–water partition coefficient (Wildman–Crippen LogP) is -0.664. The van der Waals surface area contributed by atoms with E-state index in [9.17, 15) is 9.59 Å². The molecule has 4 N–H and O–H groups in total. The molecule has 6 heteroatoms. The van der Waals surface area contributed by atoms with Crippen molar-refractivity contribution in [2.45, 2.75) is 13.0 Å². The van der Waals surface area contributed by atoms with E-state index in [1.54, 1.807) is 12.1 Å². The van der Waals surface area contributed by atoms with E-state index >= 15 is 0 Å². The summed E-state index contributed by atoms with van der Waals surface area (Å²) in [7, 11) is 0. The van der Waals surface area contributed by atoms with Gasteiger partial charge in [0.2, 0.25) is 5.91 Å². The number of aliphatic hydroxyl groups is 1. The number of rotatable bonds is 6. The van der Waals surface area contributed by atoms with Gasteiger partial charge in [0.1, 0.15) is 11.9 Å². The van der Waals surface area contributed by atoms with E-state index in [0.717, 1.165) is 5.56 Å². The van der Waals surface area contributed by atoms with Gasteiger partial charge in [0, 0.05) is 0 Å². The largest absolute Gasteiger partial charge is 0.484 e. The van der Waals surface area contributed by atoms with E-state index in [1.165, 1.54) is 0 Å². The molecule has 0 fully saturated rings. The first-order chi connectivity index (χ1) is 8.49. The maximum absolute atomic E-state index is 11.3. The molecule has 0 bridgehead atoms. The number of carbonyl (C=O) groups is 2. The maximum Gasteiger partial charge on any atom is 0.258 e. The Bertz CT molecular complexity index is 434. The zero-order valence-corrected chi connectivity index (χ0v) is 10.1. The molecule has 0 saturated carbocycles. The lowest BCUT2D eigenvalue weighted by Gasteiger charge is -2.09. The highest BCUT2D eigenvalue weighted by Crippen LogP contribution is 2.11. The first-order valence-corrected chi connectivity index (χ1v) is 5.42. The molecule has 1 aromatic rings. The molecule has 0 radical (unpaired) electrons.